The molecule has 2 rings (SSSR count). The second-order valence-electron chi connectivity index (χ2n) is 4.72. The summed E-state index contributed by atoms with van der Waals surface area (Å²) >= 11 is 0. The van der Waals surface area contributed by atoms with Crippen molar-refractivity contribution in [1.82, 2.24) is 0 Å². The summed E-state index contributed by atoms with van der Waals surface area (Å²) < 4.78 is 5.24. The highest BCUT2D eigenvalue weighted by Gasteiger charge is 2.11. The second-order valence-corrected chi connectivity index (χ2v) is 4.72. The number of hydrogen-bond acceptors (Lipinski definition) is 4. The van der Waals surface area contributed by atoms with E-state index >= 15 is 0 Å². The van der Waals surface area contributed by atoms with Crippen LogP contribution >= 0.6 is 0 Å². The lowest BCUT2D eigenvalue weighted by Gasteiger charge is -2.08. The Bertz CT molecular complexity index is 696. The van der Waals surface area contributed by atoms with Crippen LogP contribution in [0.15, 0.2) is 42.5 Å². The Morgan fingerprint density at radius 3 is 2.57 bits per heavy atom. The van der Waals surface area contributed by atoms with E-state index in [0.717, 1.165) is 5.56 Å². The summed E-state index contributed by atoms with van der Waals surface area (Å²) in [6, 6.07) is 11.7. The number of nitrogen functional groups attached to an aromatic ring is 1. The number of primary amides is 1. The first-order valence-electron chi connectivity index (χ1n) is 6.39. The van der Waals surface area contributed by atoms with Gasteiger partial charge >= 0.3 is 5.97 Å². The van der Waals surface area contributed by atoms with Crippen LogP contribution < -0.4 is 11.5 Å². The van der Waals surface area contributed by atoms with E-state index in [1.165, 1.54) is 0 Å². The van der Waals surface area contributed by atoms with Crippen molar-refractivity contribution >= 4 is 17.6 Å². The van der Waals surface area contributed by atoms with Crippen molar-refractivity contribution in [2.45, 2.75) is 13.5 Å². The average Bonchev–Trinajstić information content (AvgIpc) is 2.45. The Hall–Kier alpha value is -2.82. The van der Waals surface area contributed by atoms with E-state index in [1.807, 2.05) is 0 Å². The lowest BCUT2D eigenvalue weighted by Crippen LogP contribution is -2.12. The third kappa shape index (κ3) is 3.60. The van der Waals surface area contributed by atoms with Crippen molar-refractivity contribution < 1.29 is 14.3 Å². The van der Waals surface area contributed by atoms with Crippen LogP contribution in [0.25, 0.3) is 0 Å². The maximum absolute atomic E-state index is 12.0. The lowest BCUT2D eigenvalue weighted by molar-refractivity contribution is 0.0472. The Labute approximate surface area is 122 Å². The SMILES string of the molecule is Cc1cc(N)ccc1C(=O)OCc1cccc(C(N)=O)c1. The molecule has 1 amide bonds. The number of aryl methyl sites for hydroxylation is 1. The zero-order valence-electron chi connectivity index (χ0n) is 11.6. The van der Waals surface area contributed by atoms with Gasteiger partial charge in [0.05, 0.1) is 5.56 Å². The summed E-state index contributed by atoms with van der Waals surface area (Å²) in [4.78, 5) is 23.1. The lowest BCUT2D eigenvalue weighted by atomic mass is 10.1. The first kappa shape index (κ1) is 14.6. The zero-order chi connectivity index (χ0) is 15.4. The fraction of sp³-hybridized carbons (Fsp3) is 0.125. The number of carbonyl (C=O) groups is 2. The summed E-state index contributed by atoms with van der Waals surface area (Å²) in [5.41, 5.74) is 13.7. The topological polar surface area (TPSA) is 95.4 Å². The van der Waals surface area contributed by atoms with Crippen LogP contribution in [-0.4, -0.2) is 11.9 Å². The van der Waals surface area contributed by atoms with Crippen LogP contribution in [0.1, 0.15) is 31.8 Å². The molecular weight excluding hydrogens is 268 g/mol. The minimum absolute atomic E-state index is 0.0732. The Balaban J connectivity index is 2.07. The molecule has 0 aliphatic heterocycles. The molecule has 2 aromatic carbocycles. The average molecular weight is 284 g/mol. The van der Waals surface area contributed by atoms with Crippen molar-refractivity contribution in [3.63, 3.8) is 0 Å². The highest BCUT2D eigenvalue weighted by atomic mass is 16.5. The summed E-state index contributed by atoms with van der Waals surface area (Å²) in [5, 5.41) is 0. The zero-order valence-corrected chi connectivity index (χ0v) is 11.6. The van der Waals surface area contributed by atoms with Gasteiger partial charge in [-0.05, 0) is 48.4 Å². The summed E-state index contributed by atoms with van der Waals surface area (Å²) in [5.74, 6) is -0.950. The number of ether oxygens (including phenoxy) is 1. The molecule has 0 aliphatic rings. The van der Waals surface area contributed by atoms with Gasteiger partial charge < -0.3 is 16.2 Å². The summed E-state index contributed by atoms with van der Waals surface area (Å²) in [7, 11) is 0. The second kappa shape index (κ2) is 6.09. The van der Waals surface area contributed by atoms with Crippen molar-refractivity contribution in [3.8, 4) is 0 Å². The largest absolute Gasteiger partial charge is 0.457 e. The van der Waals surface area contributed by atoms with Gasteiger partial charge in [0.25, 0.3) is 0 Å². The molecular formula is C16H16N2O3. The molecule has 4 N–H and O–H groups in total. The van der Waals surface area contributed by atoms with E-state index in [2.05, 4.69) is 0 Å². The third-order valence-corrected chi connectivity index (χ3v) is 3.05. The number of anilines is 1. The molecule has 0 saturated carbocycles. The van der Waals surface area contributed by atoms with E-state index in [0.29, 0.717) is 22.4 Å². The van der Waals surface area contributed by atoms with Crippen molar-refractivity contribution in [3.05, 3.63) is 64.7 Å². The van der Waals surface area contributed by atoms with E-state index in [-0.39, 0.29) is 6.61 Å². The molecule has 2 aromatic rings. The van der Waals surface area contributed by atoms with Crippen molar-refractivity contribution in [2.75, 3.05) is 5.73 Å². The van der Waals surface area contributed by atoms with Gasteiger partial charge in [-0.3, -0.25) is 4.79 Å². The first-order chi connectivity index (χ1) is 9.97. The molecule has 0 atom stereocenters. The van der Waals surface area contributed by atoms with Gasteiger partial charge in [0, 0.05) is 11.3 Å². The van der Waals surface area contributed by atoms with Crippen LogP contribution in [0.3, 0.4) is 0 Å². The molecule has 0 bridgehead atoms. The summed E-state index contributed by atoms with van der Waals surface area (Å²) in [6.07, 6.45) is 0. The molecule has 0 radical (unpaired) electrons. The molecule has 0 spiro atoms. The van der Waals surface area contributed by atoms with Crippen molar-refractivity contribution in [2.24, 2.45) is 5.73 Å². The smallest absolute Gasteiger partial charge is 0.338 e. The van der Waals surface area contributed by atoms with Gasteiger partial charge in [-0.1, -0.05) is 12.1 Å². The molecule has 0 aromatic heterocycles. The van der Waals surface area contributed by atoms with Crippen LogP contribution in [0, 0.1) is 6.92 Å². The first-order valence-corrected chi connectivity index (χ1v) is 6.39. The van der Waals surface area contributed by atoms with E-state index < -0.39 is 11.9 Å². The van der Waals surface area contributed by atoms with Gasteiger partial charge in [-0.2, -0.15) is 0 Å². The minimum atomic E-state index is -0.516. The van der Waals surface area contributed by atoms with Gasteiger partial charge in [-0.15, -0.1) is 0 Å². The molecule has 0 unspecified atom stereocenters. The fourth-order valence-corrected chi connectivity index (χ4v) is 1.96. The Morgan fingerprint density at radius 1 is 1.14 bits per heavy atom. The number of esters is 1. The van der Waals surface area contributed by atoms with Crippen molar-refractivity contribution in [1.29, 1.82) is 0 Å². The number of amides is 1. The Kier molecular flexibility index (Phi) is 4.23. The van der Waals surface area contributed by atoms with E-state index in [1.54, 1.807) is 49.4 Å². The normalized spacial score (nSPS) is 10.1. The molecule has 0 saturated heterocycles. The fourth-order valence-electron chi connectivity index (χ4n) is 1.96. The number of carbonyl (C=O) groups excluding carboxylic acids is 2. The number of nitrogens with two attached hydrogens (primary N) is 2. The van der Waals surface area contributed by atoms with Gasteiger partial charge in [-0.25, -0.2) is 4.79 Å². The molecule has 108 valence electrons. The minimum Gasteiger partial charge on any atom is -0.457 e. The molecule has 0 aliphatic carbocycles. The Morgan fingerprint density at radius 2 is 1.90 bits per heavy atom. The predicted octanol–water partition coefficient (Wildman–Crippen LogP) is 2.03. The van der Waals surface area contributed by atoms with Crippen LogP contribution in [0.4, 0.5) is 5.69 Å². The van der Waals surface area contributed by atoms with Gasteiger partial charge in [0.2, 0.25) is 5.91 Å². The molecule has 5 nitrogen and oxygen atoms in total. The number of benzene rings is 2. The van der Waals surface area contributed by atoms with Crippen LogP contribution in [-0.2, 0) is 11.3 Å². The molecule has 0 heterocycles. The maximum Gasteiger partial charge on any atom is 0.338 e. The predicted molar refractivity (Wildman–Crippen MR) is 79.7 cm³/mol. The maximum atomic E-state index is 12.0. The molecule has 5 heteroatoms. The van der Waals surface area contributed by atoms with Crippen LogP contribution in [0.5, 0.6) is 0 Å². The van der Waals surface area contributed by atoms with Crippen LogP contribution in [0.2, 0.25) is 0 Å². The van der Waals surface area contributed by atoms with E-state index in [9.17, 15) is 9.59 Å². The summed E-state index contributed by atoms with van der Waals surface area (Å²) in [6.45, 7) is 1.87. The van der Waals surface area contributed by atoms with Gasteiger partial charge in [0.15, 0.2) is 0 Å². The van der Waals surface area contributed by atoms with Gasteiger partial charge in [0.1, 0.15) is 6.61 Å². The quantitative estimate of drug-likeness (QED) is 0.663. The number of hydrogen-bond donors (Lipinski definition) is 2. The number of rotatable bonds is 4. The van der Waals surface area contributed by atoms with E-state index in [4.69, 9.17) is 16.2 Å². The highest BCUT2D eigenvalue weighted by Crippen LogP contribution is 2.15. The highest BCUT2D eigenvalue weighted by molar-refractivity contribution is 5.93. The third-order valence-electron chi connectivity index (χ3n) is 3.05. The molecule has 21 heavy (non-hydrogen) atoms. The standard InChI is InChI=1S/C16H16N2O3/c1-10-7-13(17)5-6-14(10)16(20)21-9-11-3-2-4-12(8-11)15(18)19/h2-8H,9,17H2,1H3,(H2,18,19). The monoisotopic (exact) mass is 284 g/mol. The molecule has 0 fully saturated rings.